The van der Waals surface area contributed by atoms with Crippen molar-refractivity contribution >= 4 is 22.2 Å². The molecule has 102 valence electrons. The number of hydrogen-bond donors (Lipinski definition) is 1. The Hall–Kier alpha value is -0.333. The number of hydrogen-bond acceptors (Lipinski definition) is 4. The minimum atomic E-state index is -1.96. The Morgan fingerprint density at radius 3 is 2.17 bits per heavy atom. The van der Waals surface area contributed by atoms with Gasteiger partial charge in [0.15, 0.2) is 0 Å². The van der Waals surface area contributed by atoms with Crippen LogP contribution in [0, 0.1) is 0 Å². The smallest absolute Gasteiger partial charge is 0.376 e. The molecule has 0 aliphatic carbocycles. The van der Waals surface area contributed by atoms with Crippen LogP contribution in [-0.2, 0) is 26.3 Å². The molecule has 0 saturated heterocycles. The van der Waals surface area contributed by atoms with Gasteiger partial charge in [0.2, 0.25) is 0 Å². The standard InChI is InChI=1S/C13H22O3SSi/c1-3-14-18(15-4-2)16-11-13-8-6-5-7-12(13)9-10-17/h5-8,17-18H,3-4,9-11H2,1-2H3. The SMILES string of the molecule is CCO[SiH](OCC)OCc1ccccc1CCS. The summed E-state index contributed by atoms with van der Waals surface area (Å²) >= 11 is 4.27. The highest BCUT2D eigenvalue weighted by atomic mass is 32.1. The Morgan fingerprint density at radius 1 is 1.00 bits per heavy atom. The van der Waals surface area contributed by atoms with Gasteiger partial charge in [-0.1, -0.05) is 24.3 Å². The lowest BCUT2D eigenvalue weighted by molar-refractivity contribution is 0.0959. The van der Waals surface area contributed by atoms with E-state index >= 15 is 0 Å². The Bertz CT molecular complexity index is 330. The van der Waals surface area contributed by atoms with Gasteiger partial charge in [0.25, 0.3) is 0 Å². The van der Waals surface area contributed by atoms with Crippen LogP contribution in [0.4, 0.5) is 0 Å². The summed E-state index contributed by atoms with van der Waals surface area (Å²) < 4.78 is 16.7. The largest absolute Gasteiger partial charge is 0.484 e. The van der Waals surface area contributed by atoms with Crippen molar-refractivity contribution in [1.82, 2.24) is 0 Å². The maximum absolute atomic E-state index is 5.77. The molecule has 0 heterocycles. The summed E-state index contributed by atoms with van der Waals surface area (Å²) in [6.45, 7) is 5.74. The van der Waals surface area contributed by atoms with E-state index in [2.05, 4.69) is 24.8 Å². The van der Waals surface area contributed by atoms with Gasteiger partial charge < -0.3 is 13.3 Å². The lowest BCUT2D eigenvalue weighted by atomic mass is 10.1. The molecular formula is C13H22O3SSi. The van der Waals surface area contributed by atoms with Crippen LogP contribution < -0.4 is 0 Å². The van der Waals surface area contributed by atoms with E-state index in [0.717, 1.165) is 12.2 Å². The fourth-order valence-electron chi connectivity index (χ4n) is 1.64. The quantitative estimate of drug-likeness (QED) is 0.558. The van der Waals surface area contributed by atoms with Crippen LogP contribution in [-0.4, -0.2) is 28.5 Å². The van der Waals surface area contributed by atoms with Gasteiger partial charge in [-0.3, -0.25) is 0 Å². The number of benzene rings is 1. The zero-order chi connectivity index (χ0) is 13.2. The third kappa shape index (κ3) is 5.54. The lowest BCUT2D eigenvalue weighted by Gasteiger charge is -2.16. The van der Waals surface area contributed by atoms with Gasteiger partial charge in [0.1, 0.15) is 0 Å². The molecule has 0 spiro atoms. The fraction of sp³-hybridized carbons (Fsp3) is 0.538. The molecule has 0 N–H and O–H groups in total. The van der Waals surface area contributed by atoms with E-state index in [1.165, 1.54) is 11.1 Å². The average molecular weight is 286 g/mol. The molecule has 0 fully saturated rings. The Balaban J connectivity index is 2.54. The van der Waals surface area contributed by atoms with Gasteiger partial charge in [-0.15, -0.1) is 0 Å². The van der Waals surface area contributed by atoms with Gasteiger partial charge in [0, 0.05) is 13.2 Å². The van der Waals surface area contributed by atoms with E-state index in [4.69, 9.17) is 13.3 Å². The zero-order valence-corrected chi connectivity index (χ0v) is 13.1. The minimum Gasteiger partial charge on any atom is -0.376 e. The first-order chi connectivity index (χ1) is 8.81. The van der Waals surface area contributed by atoms with Crippen molar-refractivity contribution in [2.75, 3.05) is 19.0 Å². The molecule has 0 aromatic heterocycles. The van der Waals surface area contributed by atoms with Crippen molar-refractivity contribution in [3.05, 3.63) is 35.4 Å². The van der Waals surface area contributed by atoms with Gasteiger partial charge in [-0.2, -0.15) is 12.6 Å². The van der Waals surface area contributed by atoms with E-state index < -0.39 is 9.53 Å². The van der Waals surface area contributed by atoms with Crippen LogP contribution in [0.3, 0.4) is 0 Å². The normalized spacial score (nSPS) is 11.1. The predicted molar refractivity (Wildman–Crippen MR) is 79.2 cm³/mol. The van der Waals surface area contributed by atoms with Gasteiger partial charge in [-0.05, 0) is 37.1 Å². The minimum absolute atomic E-state index is 0.556. The molecule has 0 aliphatic rings. The number of thiol groups is 1. The summed E-state index contributed by atoms with van der Waals surface area (Å²) in [7, 11) is -1.96. The van der Waals surface area contributed by atoms with Crippen LogP contribution in [0.25, 0.3) is 0 Å². The third-order valence-electron chi connectivity index (χ3n) is 2.48. The Morgan fingerprint density at radius 2 is 1.61 bits per heavy atom. The molecule has 0 saturated carbocycles. The van der Waals surface area contributed by atoms with Crippen molar-refractivity contribution in [3.8, 4) is 0 Å². The van der Waals surface area contributed by atoms with Crippen LogP contribution >= 0.6 is 12.6 Å². The van der Waals surface area contributed by atoms with E-state index in [1.807, 2.05) is 26.0 Å². The summed E-state index contributed by atoms with van der Waals surface area (Å²) in [5.74, 6) is 0.842. The van der Waals surface area contributed by atoms with Crippen molar-refractivity contribution in [3.63, 3.8) is 0 Å². The topological polar surface area (TPSA) is 27.7 Å². The Labute approximate surface area is 117 Å². The van der Waals surface area contributed by atoms with Crippen molar-refractivity contribution in [2.45, 2.75) is 26.9 Å². The van der Waals surface area contributed by atoms with Gasteiger partial charge in [0.05, 0.1) is 6.61 Å². The maximum atomic E-state index is 5.77. The molecule has 0 amide bonds. The molecule has 0 unspecified atom stereocenters. The third-order valence-corrected chi connectivity index (χ3v) is 4.35. The summed E-state index contributed by atoms with van der Waals surface area (Å²) in [5.41, 5.74) is 2.48. The first kappa shape index (κ1) is 15.7. The van der Waals surface area contributed by atoms with Crippen LogP contribution in [0.5, 0.6) is 0 Å². The summed E-state index contributed by atoms with van der Waals surface area (Å²) in [6, 6.07) is 8.27. The zero-order valence-electron chi connectivity index (χ0n) is 11.1. The average Bonchev–Trinajstić information content (AvgIpc) is 2.38. The second-order valence-corrected chi connectivity index (χ2v) is 5.78. The molecule has 3 nitrogen and oxygen atoms in total. The molecule has 1 rings (SSSR count). The van der Waals surface area contributed by atoms with Gasteiger partial charge in [-0.25, -0.2) is 0 Å². The molecule has 5 heteroatoms. The first-order valence-corrected chi connectivity index (χ1v) is 8.38. The highest BCUT2D eigenvalue weighted by Crippen LogP contribution is 2.12. The van der Waals surface area contributed by atoms with Crippen LogP contribution in [0.2, 0.25) is 0 Å². The maximum Gasteiger partial charge on any atom is 0.484 e. The monoisotopic (exact) mass is 286 g/mol. The second-order valence-electron chi connectivity index (χ2n) is 3.75. The van der Waals surface area contributed by atoms with Gasteiger partial charge >= 0.3 is 9.53 Å². The van der Waals surface area contributed by atoms with E-state index in [-0.39, 0.29) is 0 Å². The highest BCUT2D eigenvalue weighted by molar-refractivity contribution is 7.80. The van der Waals surface area contributed by atoms with E-state index in [0.29, 0.717) is 19.8 Å². The molecule has 1 aromatic rings. The molecule has 0 atom stereocenters. The summed E-state index contributed by atoms with van der Waals surface area (Å²) in [5, 5.41) is 0. The number of rotatable bonds is 9. The summed E-state index contributed by atoms with van der Waals surface area (Å²) in [4.78, 5) is 0. The molecule has 18 heavy (non-hydrogen) atoms. The molecule has 1 aromatic carbocycles. The lowest BCUT2D eigenvalue weighted by Crippen LogP contribution is -2.27. The highest BCUT2D eigenvalue weighted by Gasteiger charge is 2.14. The van der Waals surface area contributed by atoms with Crippen LogP contribution in [0.1, 0.15) is 25.0 Å². The first-order valence-electron chi connectivity index (χ1n) is 6.34. The molecule has 0 radical (unpaired) electrons. The van der Waals surface area contributed by atoms with Crippen molar-refractivity contribution in [2.24, 2.45) is 0 Å². The molecular weight excluding hydrogens is 264 g/mol. The molecule has 0 aliphatic heterocycles. The van der Waals surface area contributed by atoms with E-state index in [9.17, 15) is 0 Å². The van der Waals surface area contributed by atoms with Crippen LogP contribution in [0.15, 0.2) is 24.3 Å². The Kier molecular flexibility index (Phi) is 8.37. The predicted octanol–water partition coefficient (Wildman–Crippen LogP) is 2.47. The molecule has 0 bridgehead atoms. The fourth-order valence-corrected chi connectivity index (χ4v) is 3.03. The van der Waals surface area contributed by atoms with Crippen molar-refractivity contribution in [1.29, 1.82) is 0 Å². The number of aryl methyl sites for hydroxylation is 1. The summed E-state index contributed by atoms with van der Waals surface area (Å²) in [6.07, 6.45) is 0.956. The van der Waals surface area contributed by atoms with E-state index in [1.54, 1.807) is 0 Å². The van der Waals surface area contributed by atoms with Crippen molar-refractivity contribution < 1.29 is 13.3 Å². The second kappa shape index (κ2) is 9.58.